The van der Waals surface area contributed by atoms with E-state index in [1.807, 2.05) is 38.4 Å². The Kier molecular flexibility index (Phi) is 5.32. The lowest BCUT2D eigenvalue weighted by Gasteiger charge is -2.45. The van der Waals surface area contributed by atoms with Gasteiger partial charge in [0.2, 0.25) is 0 Å². The molecule has 6 nitrogen and oxygen atoms in total. The molecule has 0 amide bonds. The van der Waals surface area contributed by atoms with Gasteiger partial charge in [0.05, 0.1) is 0 Å². The van der Waals surface area contributed by atoms with E-state index in [2.05, 4.69) is 58.4 Å². The SMILES string of the molecule is CN1CC2(c3cccc(Cl)c3)C3C1OC(=O)/C=C\C(=O)OC1C4C5C=CC(C4(c4cccc(Cl)c4)CN1C)C51C3C=CC21. The highest BCUT2D eigenvalue weighted by Crippen LogP contribution is 2.83. The Bertz CT molecular complexity index is 1570. The summed E-state index contributed by atoms with van der Waals surface area (Å²) in [6.07, 6.45) is 11.3. The molecule has 0 N–H and O–H groups in total. The van der Waals surface area contributed by atoms with E-state index in [-0.39, 0.29) is 51.8 Å². The van der Waals surface area contributed by atoms with Crippen LogP contribution in [0.5, 0.6) is 0 Å². The highest BCUT2D eigenvalue weighted by molar-refractivity contribution is 6.31. The molecule has 10 unspecified atom stereocenters. The van der Waals surface area contributed by atoms with E-state index in [4.69, 9.17) is 32.7 Å². The predicted molar refractivity (Wildman–Crippen MR) is 162 cm³/mol. The van der Waals surface area contributed by atoms with E-state index >= 15 is 0 Å². The maximum atomic E-state index is 13.2. The molecule has 2 aromatic carbocycles. The summed E-state index contributed by atoms with van der Waals surface area (Å²) >= 11 is 13.4. The molecule has 4 aliphatic carbocycles. The van der Waals surface area contributed by atoms with Crippen LogP contribution in [0.3, 0.4) is 0 Å². The van der Waals surface area contributed by atoms with Crippen molar-refractivity contribution in [3.8, 4) is 0 Å². The van der Waals surface area contributed by atoms with Gasteiger partial charge in [-0.2, -0.15) is 0 Å². The molecule has 10 atom stereocenters. The summed E-state index contributed by atoms with van der Waals surface area (Å²) < 4.78 is 12.5. The summed E-state index contributed by atoms with van der Waals surface area (Å²) in [6, 6.07) is 16.6. The number of esters is 2. The summed E-state index contributed by atoms with van der Waals surface area (Å²) in [7, 11) is 4.08. The molecule has 43 heavy (non-hydrogen) atoms. The number of ether oxygens (including phenoxy) is 2. The van der Waals surface area contributed by atoms with Crippen molar-refractivity contribution in [2.45, 2.75) is 23.3 Å². The largest absolute Gasteiger partial charge is 0.443 e. The number of carbonyl (C=O) groups excluding carboxylic acids is 2. The summed E-state index contributed by atoms with van der Waals surface area (Å²) in [5.41, 5.74) is 1.59. The maximum absolute atomic E-state index is 13.2. The van der Waals surface area contributed by atoms with E-state index in [1.165, 1.54) is 23.3 Å². The van der Waals surface area contributed by atoms with Gasteiger partial charge in [0.25, 0.3) is 0 Å². The second kappa shape index (κ2) is 8.63. The second-order valence-corrected chi connectivity index (χ2v) is 14.6. The van der Waals surface area contributed by atoms with Gasteiger partial charge in [-0.1, -0.05) is 71.8 Å². The predicted octanol–water partition coefficient (Wildman–Crippen LogP) is 5.22. The molecule has 220 valence electrons. The van der Waals surface area contributed by atoms with Gasteiger partial charge in [0, 0.05) is 58.0 Å². The number of allylic oxidation sites excluding steroid dienone is 4. The van der Waals surface area contributed by atoms with E-state index in [1.54, 1.807) is 0 Å². The minimum absolute atomic E-state index is 0.0111. The van der Waals surface area contributed by atoms with Crippen molar-refractivity contribution in [1.82, 2.24) is 9.80 Å². The van der Waals surface area contributed by atoms with Gasteiger partial charge in [-0.25, -0.2) is 9.59 Å². The topological polar surface area (TPSA) is 59.1 Å². The Hall–Kier alpha value is -2.90. The van der Waals surface area contributed by atoms with Gasteiger partial charge in [-0.3, -0.25) is 9.80 Å². The molecular weight excluding hydrogens is 583 g/mol. The molecule has 4 fully saturated rings. The summed E-state index contributed by atoms with van der Waals surface area (Å²) in [6.45, 7) is 1.47. The lowest BCUT2D eigenvalue weighted by molar-refractivity contribution is -0.156. The molecule has 7 aliphatic rings. The van der Waals surface area contributed by atoms with Crippen LogP contribution in [-0.4, -0.2) is 61.4 Å². The molecule has 8 heteroatoms. The van der Waals surface area contributed by atoms with Crippen LogP contribution < -0.4 is 0 Å². The Morgan fingerprint density at radius 1 is 0.698 bits per heavy atom. The van der Waals surface area contributed by atoms with Crippen LogP contribution in [0.1, 0.15) is 11.1 Å². The van der Waals surface area contributed by atoms with Gasteiger partial charge >= 0.3 is 11.9 Å². The number of likely N-dealkylation sites (N-methyl/N-ethyl adjacent to an activating group) is 2. The molecule has 3 aliphatic heterocycles. The highest BCUT2D eigenvalue weighted by atomic mass is 35.5. The first-order chi connectivity index (χ1) is 20.7. The van der Waals surface area contributed by atoms with Crippen LogP contribution >= 0.6 is 23.2 Å². The third-order valence-electron chi connectivity index (χ3n) is 12.4. The quantitative estimate of drug-likeness (QED) is 0.341. The van der Waals surface area contributed by atoms with Crippen LogP contribution in [0.25, 0.3) is 0 Å². The molecule has 2 saturated carbocycles. The molecule has 1 spiro atoms. The molecular formula is C35H32Cl2N2O4. The number of benzene rings is 2. The van der Waals surface area contributed by atoms with Crippen molar-refractivity contribution < 1.29 is 19.1 Å². The van der Waals surface area contributed by atoms with E-state index in [0.29, 0.717) is 10.0 Å². The molecule has 2 aromatic rings. The molecule has 0 radical (unpaired) electrons. The minimum atomic E-state index is -0.532. The number of rotatable bonds is 2. The van der Waals surface area contributed by atoms with Gasteiger partial charge in [0.15, 0.2) is 12.5 Å². The fourth-order valence-corrected chi connectivity index (χ4v) is 12.0. The molecule has 3 heterocycles. The van der Waals surface area contributed by atoms with Gasteiger partial charge < -0.3 is 9.47 Å². The third-order valence-corrected chi connectivity index (χ3v) is 12.9. The van der Waals surface area contributed by atoms with Crippen molar-refractivity contribution in [3.05, 3.63) is 106 Å². The zero-order valence-corrected chi connectivity index (χ0v) is 25.4. The Labute approximate surface area is 260 Å². The first-order valence-electron chi connectivity index (χ1n) is 15.1. The average Bonchev–Trinajstić information content (AvgIpc) is 3.78. The lowest BCUT2D eigenvalue weighted by Crippen LogP contribution is -2.47. The normalized spacial score (nSPS) is 46.0. The third kappa shape index (κ3) is 2.99. The van der Waals surface area contributed by atoms with Crippen molar-refractivity contribution in [2.75, 3.05) is 27.2 Å². The zero-order valence-electron chi connectivity index (χ0n) is 23.9. The first kappa shape index (κ1) is 26.5. The van der Waals surface area contributed by atoms with Crippen molar-refractivity contribution in [2.24, 2.45) is 40.9 Å². The maximum Gasteiger partial charge on any atom is 0.332 e. The number of nitrogens with zero attached hydrogens (tertiary/aromatic N) is 2. The standard InChI is InChI=1S/C35H32Cl2N2O4/c1-38-17-33(19-5-3-7-21(36)15-19)25-11-9-23-29(33)31(38)42-27(40)13-14-28(41)43-32-30-24-10-12-26(35(23,24)25)34(30,18-39(32)2)20-6-4-8-22(37)16-20/h3-16,23-26,29-32H,17-18H2,1-2H3/b14-13-. The smallest absolute Gasteiger partial charge is 0.332 e. The van der Waals surface area contributed by atoms with Crippen LogP contribution in [0, 0.1) is 40.9 Å². The van der Waals surface area contributed by atoms with Crippen molar-refractivity contribution >= 4 is 35.1 Å². The van der Waals surface area contributed by atoms with Crippen LogP contribution in [0.4, 0.5) is 0 Å². The molecule has 7 bridgehead atoms. The van der Waals surface area contributed by atoms with Crippen LogP contribution in [-0.2, 0) is 29.9 Å². The van der Waals surface area contributed by atoms with Crippen LogP contribution in [0.2, 0.25) is 10.0 Å². The monoisotopic (exact) mass is 614 g/mol. The van der Waals surface area contributed by atoms with Gasteiger partial charge in [-0.15, -0.1) is 0 Å². The molecule has 9 rings (SSSR count). The summed E-state index contributed by atoms with van der Waals surface area (Å²) in [4.78, 5) is 30.8. The minimum Gasteiger partial charge on any atom is -0.443 e. The second-order valence-electron chi connectivity index (χ2n) is 13.7. The number of hydrogen-bond acceptors (Lipinski definition) is 6. The Morgan fingerprint density at radius 3 is 1.56 bits per heavy atom. The first-order valence-corrected chi connectivity index (χ1v) is 15.9. The summed E-state index contributed by atoms with van der Waals surface area (Å²) in [5, 5.41) is 1.42. The number of halogens is 2. The van der Waals surface area contributed by atoms with Crippen molar-refractivity contribution in [1.29, 1.82) is 0 Å². The van der Waals surface area contributed by atoms with E-state index < -0.39 is 24.4 Å². The van der Waals surface area contributed by atoms with Gasteiger partial charge in [0.1, 0.15) is 0 Å². The van der Waals surface area contributed by atoms with Crippen molar-refractivity contribution in [3.63, 3.8) is 0 Å². The highest BCUT2D eigenvalue weighted by Gasteiger charge is 2.85. The Morgan fingerprint density at radius 2 is 1.14 bits per heavy atom. The molecule has 2 saturated heterocycles. The number of fused-ring (bicyclic) bond motifs is 2. The molecule has 0 aromatic heterocycles. The van der Waals surface area contributed by atoms with Crippen LogP contribution in [0.15, 0.2) is 85.0 Å². The fraction of sp³-hybridized carbons (Fsp3) is 0.429. The number of carbonyl (C=O) groups is 2. The lowest BCUT2D eigenvalue weighted by atomic mass is 9.59. The number of hydrogen-bond donors (Lipinski definition) is 0. The summed E-state index contributed by atoms with van der Waals surface area (Å²) in [5.74, 6) is -0.452. The number of likely N-dealkylation sites (tertiary alicyclic amines) is 2. The van der Waals surface area contributed by atoms with E-state index in [0.717, 1.165) is 13.1 Å². The van der Waals surface area contributed by atoms with E-state index in [9.17, 15) is 9.59 Å². The average molecular weight is 616 g/mol. The van der Waals surface area contributed by atoms with Gasteiger partial charge in [-0.05, 0) is 78.6 Å². The fourth-order valence-electron chi connectivity index (χ4n) is 11.6. The zero-order chi connectivity index (χ0) is 29.5. The Balaban J connectivity index is 1.33.